The molecule has 0 saturated carbocycles. The second-order valence-corrected chi connectivity index (χ2v) is 5.86. The number of benzene rings is 2. The lowest BCUT2D eigenvalue weighted by Gasteiger charge is -2.08. The summed E-state index contributed by atoms with van der Waals surface area (Å²) in [4.78, 5) is 35.1. The first-order valence-electron chi connectivity index (χ1n) is 8.05. The second-order valence-electron chi connectivity index (χ2n) is 5.45. The minimum atomic E-state index is -0.617. The van der Waals surface area contributed by atoms with Crippen LogP contribution in [0.3, 0.4) is 0 Å². The van der Waals surface area contributed by atoms with Crippen molar-refractivity contribution in [1.82, 2.24) is 5.32 Å². The second kappa shape index (κ2) is 10.2. The van der Waals surface area contributed by atoms with E-state index >= 15 is 0 Å². The molecule has 6 nitrogen and oxygen atoms in total. The molecule has 0 saturated heterocycles. The zero-order valence-corrected chi connectivity index (χ0v) is 14.8. The van der Waals surface area contributed by atoms with Gasteiger partial charge in [0, 0.05) is 13.0 Å². The highest BCUT2D eigenvalue weighted by Crippen LogP contribution is 2.20. The summed E-state index contributed by atoms with van der Waals surface area (Å²) < 4.78 is 4.86. The Hall–Kier alpha value is -2.86. The maximum Gasteiger partial charge on any atom is 0.306 e. The molecule has 0 aromatic heterocycles. The van der Waals surface area contributed by atoms with Crippen molar-refractivity contribution in [3.05, 3.63) is 65.2 Å². The number of halogens is 1. The van der Waals surface area contributed by atoms with Gasteiger partial charge in [0.05, 0.1) is 17.1 Å². The Morgan fingerprint density at radius 2 is 1.58 bits per heavy atom. The summed E-state index contributed by atoms with van der Waals surface area (Å²) in [6.45, 7) is -0.0371. The number of esters is 1. The molecule has 0 fully saturated rings. The average molecular weight is 375 g/mol. The van der Waals surface area contributed by atoms with Crippen LogP contribution in [0.25, 0.3) is 0 Å². The van der Waals surface area contributed by atoms with Gasteiger partial charge in [-0.1, -0.05) is 54.1 Å². The van der Waals surface area contributed by atoms with Crippen LogP contribution in [0.15, 0.2) is 54.6 Å². The number of carbonyl (C=O) groups excluding carboxylic acids is 3. The van der Waals surface area contributed by atoms with Gasteiger partial charge < -0.3 is 15.4 Å². The minimum Gasteiger partial charge on any atom is -0.456 e. The molecule has 0 heterocycles. The normalized spacial score (nSPS) is 10.0. The quantitative estimate of drug-likeness (QED) is 0.696. The van der Waals surface area contributed by atoms with Crippen LogP contribution in [0.5, 0.6) is 0 Å². The van der Waals surface area contributed by atoms with E-state index in [1.54, 1.807) is 24.3 Å². The largest absolute Gasteiger partial charge is 0.456 e. The predicted octanol–water partition coefficient (Wildman–Crippen LogP) is 2.92. The molecule has 136 valence electrons. The standard InChI is InChI=1S/C19H19ClN2O4/c20-15-8-4-5-9-16(15)22-18(24)13-26-19(25)11-10-17(23)21-12-14-6-2-1-3-7-14/h1-9H,10-13H2,(H,21,23)(H,22,24). The van der Waals surface area contributed by atoms with Crippen molar-refractivity contribution in [1.29, 1.82) is 0 Å². The molecule has 2 rings (SSSR count). The first-order valence-corrected chi connectivity index (χ1v) is 8.43. The topological polar surface area (TPSA) is 84.5 Å². The lowest BCUT2D eigenvalue weighted by atomic mass is 10.2. The van der Waals surface area contributed by atoms with Crippen molar-refractivity contribution in [2.75, 3.05) is 11.9 Å². The third-order valence-electron chi connectivity index (χ3n) is 3.40. The van der Waals surface area contributed by atoms with Crippen LogP contribution in [0.1, 0.15) is 18.4 Å². The van der Waals surface area contributed by atoms with E-state index in [0.29, 0.717) is 17.3 Å². The minimum absolute atomic E-state index is 0.00218. The van der Waals surface area contributed by atoms with E-state index < -0.39 is 18.5 Å². The fourth-order valence-corrected chi connectivity index (χ4v) is 2.25. The van der Waals surface area contributed by atoms with Gasteiger partial charge in [0.25, 0.3) is 5.91 Å². The highest BCUT2D eigenvalue weighted by molar-refractivity contribution is 6.33. The molecular formula is C19H19ClN2O4. The molecule has 0 aliphatic heterocycles. The first-order chi connectivity index (χ1) is 12.5. The van der Waals surface area contributed by atoms with Gasteiger partial charge in [-0.25, -0.2) is 0 Å². The Labute approximate surface area is 156 Å². The van der Waals surface area contributed by atoms with Gasteiger partial charge in [-0.05, 0) is 17.7 Å². The molecule has 0 bridgehead atoms. The third kappa shape index (κ3) is 6.94. The Morgan fingerprint density at radius 3 is 2.31 bits per heavy atom. The van der Waals surface area contributed by atoms with E-state index in [-0.39, 0.29) is 18.7 Å². The van der Waals surface area contributed by atoms with Gasteiger partial charge in [0.1, 0.15) is 0 Å². The first kappa shape index (κ1) is 19.5. The molecule has 2 aromatic carbocycles. The van der Waals surface area contributed by atoms with Crippen LogP contribution in [-0.2, 0) is 25.7 Å². The lowest BCUT2D eigenvalue weighted by molar-refractivity contribution is -0.148. The molecular weight excluding hydrogens is 356 g/mol. The van der Waals surface area contributed by atoms with Crippen LogP contribution in [0.4, 0.5) is 5.69 Å². The summed E-state index contributed by atoms with van der Waals surface area (Å²) in [5.74, 6) is -1.37. The van der Waals surface area contributed by atoms with Crippen LogP contribution in [0, 0.1) is 0 Å². The van der Waals surface area contributed by atoms with E-state index in [9.17, 15) is 14.4 Å². The van der Waals surface area contributed by atoms with E-state index in [0.717, 1.165) is 5.56 Å². The van der Waals surface area contributed by atoms with Gasteiger partial charge in [-0.15, -0.1) is 0 Å². The van der Waals surface area contributed by atoms with Gasteiger partial charge in [-0.2, -0.15) is 0 Å². The van der Waals surface area contributed by atoms with Crippen molar-refractivity contribution >= 4 is 35.1 Å². The Morgan fingerprint density at radius 1 is 0.885 bits per heavy atom. The zero-order valence-electron chi connectivity index (χ0n) is 14.0. The van der Waals surface area contributed by atoms with Crippen molar-refractivity contribution in [2.45, 2.75) is 19.4 Å². The molecule has 2 amide bonds. The monoisotopic (exact) mass is 374 g/mol. The van der Waals surface area contributed by atoms with E-state index in [2.05, 4.69) is 10.6 Å². The Kier molecular flexibility index (Phi) is 7.64. The van der Waals surface area contributed by atoms with E-state index in [1.165, 1.54) is 0 Å². The molecule has 0 aliphatic carbocycles. The van der Waals surface area contributed by atoms with Crippen LogP contribution >= 0.6 is 11.6 Å². The van der Waals surface area contributed by atoms with Crippen LogP contribution in [0.2, 0.25) is 5.02 Å². The summed E-state index contributed by atoms with van der Waals surface area (Å²) in [5, 5.41) is 5.65. The zero-order chi connectivity index (χ0) is 18.8. The highest BCUT2D eigenvalue weighted by Gasteiger charge is 2.11. The van der Waals surface area contributed by atoms with Crippen LogP contribution in [-0.4, -0.2) is 24.4 Å². The number of anilines is 1. The van der Waals surface area contributed by atoms with Gasteiger partial charge in [0.2, 0.25) is 5.91 Å². The van der Waals surface area contributed by atoms with Gasteiger partial charge >= 0.3 is 5.97 Å². The maximum atomic E-state index is 11.7. The molecule has 26 heavy (non-hydrogen) atoms. The number of hydrogen-bond donors (Lipinski definition) is 2. The number of carbonyl (C=O) groups is 3. The third-order valence-corrected chi connectivity index (χ3v) is 3.73. The highest BCUT2D eigenvalue weighted by atomic mass is 35.5. The smallest absolute Gasteiger partial charge is 0.306 e. The number of amides is 2. The summed E-state index contributed by atoms with van der Waals surface area (Å²) in [6.07, 6.45) is -0.0994. The summed E-state index contributed by atoms with van der Waals surface area (Å²) in [7, 11) is 0. The molecule has 7 heteroatoms. The van der Waals surface area contributed by atoms with Crippen molar-refractivity contribution in [3.8, 4) is 0 Å². The maximum absolute atomic E-state index is 11.7. The summed E-state index contributed by atoms with van der Waals surface area (Å²) >= 11 is 5.92. The van der Waals surface area contributed by atoms with Crippen LogP contribution < -0.4 is 10.6 Å². The van der Waals surface area contributed by atoms with Crippen molar-refractivity contribution in [2.24, 2.45) is 0 Å². The van der Waals surface area contributed by atoms with Crippen molar-refractivity contribution in [3.63, 3.8) is 0 Å². The summed E-state index contributed by atoms with van der Waals surface area (Å²) in [6, 6.07) is 16.2. The Balaban J connectivity index is 1.63. The lowest BCUT2D eigenvalue weighted by Crippen LogP contribution is -2.25. The number of ether oxygens (including phenoxy) is 1. The molecule has 0 atom stereocenters. The summed E-state index contributed by atoms with van der Waals surface area (Å²) in [5.41, 5.74) is 1.41. The van der Waals surface area contributed by atoms with Gasteiger partial charge in [0.15, 0.2) is 6.61 Å². The predicted molar refractivity (Wildman–Crippen MR) is 98.6 cm³/mol. The fourth-order valence-electron chi connectivity index (χ4n) is 2.07. The van der Waals surface area contributed by atoms with Gasteiger partial charge in [-0.3, -0.25) is 14.4 Å². The number of nitrogens with one attached hydrogen (secondary N) is 2. The SMILES string of the molecule is O=C(CCC(=O)OCC(=O)Nc1ccccc1Cl)NCc1ccccc1. The van der Waals surface area contributed by atoms with E-state index in [4.69, 9.17) is 16.3 Å². The molecule has 2 aromatic rings. The fraction of sp³-hybridized carbons (Fsp3) is 0.211. The Bertz CT molecular complexity index is 765. The number of para-hydroxylation sites is 1. The number of hydrogen-bond acceptors (Lipinski definition) is 4. The molecule has 0 radical (unpaired) electrons. The van der Waals surface area contributed by atoms with E-state index in [1.807, 2.05) is 30.3 Å². The molecule has 0 spiro atoms. The molecule has 0 unspecified atom stereocenters. The molecule has 0 aliphatic rings. The van der Waals surface area contributed by atoms with Crippen molar-refractivity contribution < 1.29 is 19.1 Å². The average Bonchev–Trinajstić information content (AvgIpc) is 2.65. The molecule has 2 N–H and O–H groups in total. The number of rotatable bonds is 8.